The molecule has 13 heavy (non-hydrogen) atoms. The average molecular weight is 190 g/mol. The molecule has 0 aliphatic carbocycles. The van der Waals surface area contributed by atoms with Crippen LogP contribution in [-0.4, -0.2) is 11.6 Å². The van der Waals surface area contributed by atoms with Gasteiger partial charge in [0, 0.05) is 12.6 Å². The fourth-order valence-electron chi connectivity index (χ4n) is 0.819. The molecule has 5 heteroatoms. The lowest BCUT2D eigenvalue weighted by molar-refractivity contribution is 0.0535. The zero-order valence-corrected chi connectivity index (χ0v) is 7.55. The molecular formula is C8H12F2N2O. The Balaban J connectivity index is 2.93. The Morgan fingerprint density at radius 3 is 2.62 bits per heavy atom. The van der Waals surface area contributed by atoms with Crippen molar-refractivity contribution in [3.05, 3.63) is 17.5 Å². The molecule has 2 N–H and O–H groups in total. The number of alkyl halides is 2. The van der Waals surface area contributed by atoms with Gasteiger partial charge in [0.05, 0.1) is 11.1 Å². The van der Waals surface area contributed by atoms with Gasteiger partial charge in [-0.25, -0.2) is 8.78 Å². The Kier molecular flexibility index (Phi) is 2.66. The molecule has 0 unspecified atom stereocenters. The van der Waals surface area contributed by atoms with Crippen LogP contribution in [-0.2, 0) is 12.0 Å². The minimum absolute atomic E-state index is 0.169. The summed E-state index contributed by atoms with van der Waals surface area (Å²) in [5, 5.41) is 3.55. The van der Waals surface area contributed by atoms with Gasteiger partial charge in [0.1, 0.15) is 5.76 Å². The number of nitrogens with zero attached hydrogens (tertiary/aromatic N) is 1. The molecule has 1 aromatic heterocycles. The van der Waals surface area contributed by atoms with E-state index in [4.69, 9.17) is 10.3 Å². The summed E-state index contributed by atoms with van der Waals surface area (Å²) >= 11 is 0. The zero-order valence-electron chi connectivity index (χ0n) is 7.55. The second-order valence-electron chi connectivity index (χ2n) is 3.41. The average Bonchev–Trinajstić information content (AvgIpc) is 2.51. The summed E-state index contributed by atoms with van der Waals surface area (Å²) in [5.41, 5.74) is 4.46. The topological polar surface area (TPSA) is 52.0 Å². The maximum atomic E-state index is 12.5. The van der Waals surface area contributed by atoms with E-state index in [2.05, 4.69) is 5.16 Å². The van der Waals surface area contributed by atoms with Crippen molar-refractivity contribution >= 4 is 0 Å². The second-order valence-corrected chi connectivity index (χ2v) is 3.41. The van der Waals surface area contributed by atoms with Crippen molar-refractivity contribution in [3.63, 3.8) is 0 Å². The summed E-state index contributed by atoms with van der Waals surface area (Å²) in [4.78, 5) is 0. The van der Waals surface area contributed by atoms with Crippen molar-refractivity contribution in [1.29, 1.82) is 0 Å². The number of halogens is 2. The molecule has 1 aromatic rings. The van der Waals surface area contributed by atoms with Gasteiger partial charge in [-0.2, -0.15) is 0 Å². The van der Waals surface area contributed by atoms with E-state index < -0.39 is 11.8 Å². The van der Waals surface area contributed by atoms with E-state index >= 15 is 0 Å². The summed E-state index contributed by atoms with van der Waals surface area (Å²) in [7, 11) is 0. The van der Waals surface area contributed by atoms with Crippen LogP contribution in [0.25, 0.3) is 0 Å². The highest BCUT2D eigenvalue weighted by molar-refractivity contribution is 5.14. The first-order chi connectivity index (χ1) is 5.98. The molecule has 0 aliphatic rings. The van der Waals surface area contributed by atoms with Crippen LogP contribution >= 0.6 is 0 Å². The van der Waals surface area contributed by atoms with Crippen LogP contribution < -0.4 is 5.73 Å². The second kappa shape index (κ2) is 3.41. The Labute approximate surface area is 74.9 Å². The Hall–Kier alpha value is -0.970. The third-order valence-electron chi connectivity index (χ3n) is 1.95. The molecule has 1 rings (SSSR count). The van der Waals surface area contributed by atoms with Gasteiger partial charge in [-0.05, 0) is 13.8 Å². The van der Waals surface area contributed by atoms with E-state index in [-0.39, 0.29) is 12.3 Å². The van der Waals surface area contributed by atoms with Gasteiger partial charge in [0.2, 0.25) is 0 Å². The lowest BCUT2D eigenvalue weighted by Crippen LogP contribution is -2.26. The number of aromatic nitrogens is 1. The fourth-order valence-corrected chi connectivity index (χ4v) is 0.819. The zero-order chi connectivity index (χ0) is 10.1. The van der Waals surface area contributed by atoms with E-state index in [0.717, 1.165) is 0 Å². The molecule has 1 heterocycles. The van der Waals surface area contributed by atoms with Crippen LogP contribution in [0.5, 0.6) is 0 Å². The molecule has 0 aromatic carbocycles. The maximum absolute atomic E-state index is 12.5. The molecule has 0 radical (unpaired) electrons. The largest absolute Gasteiger partial charge is 0.360 e. The van der Waals surface area contributed by atoms with Crippen molar-refractivity contribution in [3.8, 4) is 0 Å². The molecule has 0 aliphatic heterocycles. The predicted molar refractivity (Wildman–Crippen MR) is 43.4 cm³/mol. The molecule has 0 saturated heterocycles. The highest BCUT2D eigenvalue weighted by Gasteiger charge is 2.35. The molecule has 0 bridgehead atoms. The number of hydrogen-bond donors (Lipinski definition) is 1. The minimum atomic E-state index is -2.48. The number of nitrogens with two attached hydrogens (primary N) is 1. The first kappa shape index (κ1) is 10.1. The minimum Gasteiger partial charge on any atom is -0.360 e. The monoisotopic (exact) mass is 190 g/mol. The first-order valence-electron chi connectivity index (χ1n) is 3.92. The third kappa shape index (κ3) is 1.85. The molecular weight excluding hydrogens is 178 g/mol. The number of hydrogen-bond acceptors (Lipinski definition) is 3. The van der Waals surface area contributed by atoms with Crippen molar-refractivity contribution < 1.29 is 13.3 Å². The molecule has 0 spiro atoms. The SMILES string of the molecule is CC(C)(c1cc(CN)no1)C(F)F. The van der Waals surface area contributed by atoms with Crippen LogP contribution in [0.4, 0.5) is 8.78 Å². The van der Waals surface area contributed by atoms with E-state index in [0.29, 0.717) is 5.69 Å². The summed E-state index contributed by atoms with van der Waals surface area (Å²) in [6.45, 7) is 3.00. The number of rotatable bonds is 3. The summed E-state index contributed by atoms with van der Waals surface area (Å²) in [6, 6.07) is 1.46. The van der Waals surface area contributed by atoms with Gasteiger partial charge in [-0.1, -0.05) is 5.16 Å². The van der Waals surface area contributed by atoms with Gasteiger partial charge in [0.15, 0.2) is 0 Å². The van der Waals surface area contributed by atoms with Crippen molar-refractivity contribution in [1.82, 2.24) is 5.16 Å². The maximum Gasteiger partial charge on any atom is 0.250 e. The van der Waals surface area contributed by atoms with Crippen LogP contribution in [0.2, 0.25) is 0 Å². The Morgan fingerprint density at radius 1 is 1.62 bits per heavy atom. The highest BCUT2D eigenvalue weighted by Crippen LogP contribution is 2.30. The third-order valence-corrected chi connectivity index (χ3v) is 1.95. The van der Waals surface area contributed by atoms with Crippen molar-refractivity contribution in [2.45, 2.75) is 32.2 Å². The smallest absolute Gasteiger partial charge is 0.250 e. The van der Waals surface area contributed by atoms with Gasteiger partial charge < -0.3 is 10.3 Å². The molecule has 0 amide bonds. The van der Waals surface area contributed by atoms with E-state index in [9.17, 15) is 8.78 Å². The normalized spacial score (nSPS) is 12.5. The van der Waals surface area contributed by atoms with E-state index in [1.807, 2.05) is 0 Å². The molecule has 0 atom stereocenters. The summed E-state index contributed by atoms with van der Waals surface area (Å²) in [5.74, 6) is 0.169. The summed E-state index contributed by atoms with van der Waals surface area (Å²) < 4.78 is 29.8. The van der Waals surface area contributed by atoms with Crippen LogP contribution in [0.15, 0.2) is 10.6 Å². The van der Waals surface area contributed by atoms with Crippen molar-refractivity contribution in [2.24, 2.45) is 5.73 Å². The lowest BCUT2D eigenvalue weighted by atomic mass is 9.91. The Bertz CT molecular complexity index is 283. The lowest BCUT2D eigenvalue weighted by Gasteiger charge is -2.19. The standard InChI is InChI=1S/C8H12F2N2O/c1-8(2,7(9)10)6-3-5(4-11)12-13-6/h3,7H,4,11H2,1-2H3. The molecule has 0 saturated carbocycles. The molecule has 3 nitrogen and oxygen atoms in total. The van der Waals surface area contributed by atoms with Gasteiger partial charge >= 0.3 is 0 Å². The molecule has 74 valence electrons. The van der Waals surface area contributed by atoms with Crippen LogP contribution in [0.1, 0.15) is 25.3 Å². The van der Waals surface area contributed by atoms with E-state index in [1.54, 1.807) is 0 Å². The summed E-state index contributed by atoms with van der Waals surface area (Å²) in [6.07, 6.45) is -2.48. The first-order valence-corrected chi connectivity index (χ1v) is 3.92. The van der Waals surface area contributed by atoms with Gasteiger partial charge in [0.25, 0.3) is 6.43 Å². The quantitative estimate of drug-likeness (QED) is 0.788. The molecule has 0 fully saturated rings. The highest BCUT2D eigenvalue weighted by atomic mass is 19.3. The van der Waals surface area contributed by atoms with Crippen LogP contribution in [0, 0.1) is 0 Å². The van der Waals surface area contributed by atoms with Gasteiger partial charge in [-0.15, -0.1) is 0 Å². The Morgan fingerprint density at radius 2 is 2.23 bits per heavy atom. The van der Waals surface area contributed by atoms with Crippen molar-refractivity contribution in [2.75, 3.05) is 0 Å². The van der Waals surface area contributed by atoms with Gasteiger partial charge in [-0.3, -0.25) is 0 Å². The predicted octanol–water partition coefficient (Wildman–Crippen LogP) is 1.68. The van der Waals surface area contributed by atoms with E-state index in [1.165, 1.54) is 19.9 Å². The fraction of sp³-hybridized carbons (Fsp3) is 0.625. The van der Waals surface area contributed by atoms with Crippen LogP contribution in [0.3, 0.4) is 0 Å².